The molecule has 7 nitrogen and oxygen atoms in total. The molecule has 0 bridgehead atoms. The number of amides is 2. The number of hydrogen-bond donors (Lipinski definition) is 2. The molecule has 0 saturated carbocycles. The monoisotopic (exact) mass is 498 g/mol. The quantitative estimate of drug-likeness (QED) is 0.487. The summed E-state index contributed by atoms with van der Waals surface area (Å²) in [7, 11) is 1.25. The molecule has 0 aromatic heterocycles. The molecule has 2 rings (SSSR count). The molecular weight excluding hydrogens is 484 g/mol. The predicted molar refractivity (Wildman–Crippen MR) is 105 cm³/mol. The number of esters is 1. The number of halogens is 2. The summed E-state index contributed by atoms with van der Waals surface area (Å²) in [5.41, 5.74) is 5.80. The fourth-order valence-electron chi connectivity index (χ4n) is 2.15. The van der Waals surface area contributed by atoms with E-state index >= 15 is 0 Å². The van der Waals surface area contributed by atoms with Gasteiger partial charge >= 0.3 is 5.97 Å². The van der Waals surface area contributed by atoms with Gasteiger partial charge in [0, 0.05) is 10.0 Å². The molecule has 0 heterocycles. The molecule has 2 aromatic carbocycles. The van der Waals surface area contributed by atoms with Gasteiger partial charge in [0.15, 0.2) is 6.61 Å². The Morgan fingerprint density at radius 2 is 1.74 bits per heavy atom. The molecule has 0 unspecified atom stereocenters. The van der Waals surface area contributed by atoms with Crippen LogP contribution >= 0.6 is 31.9 Å². The van der Waals surface area contributed by atoms with E-state index in [1.165, 1.54) is 25.3 Å². The normalized spacial score (nSPS) is 10.1. The summed E-state index contributed by atoms with van der Waals surface area (Å²) in [5.74, 6) is -1.14. The topological polar surface area (TPSA) is 93.7 Å². The van der Waals surface area contributed by atoms with Crippen LogP contribution in [0.5, 0.6) is 5.75 Å². The number of nitrogens with one attached hydrogen (secondary N) is 2. The highest BCUT2D eigenvalue weighted by Crippen LogP contribution is 2.32. The lowest BCUT2D eigenvalue weighted by Crippen LogP contribution is -2.43. The maximum atomic E-state index is 12.1. The van der Waals surface area contributed by atoms with E-state index in [0.29, 0.717) is 10.2 Å². The highest BCUT2D eigenvalue weighted by atomic mass is 79.9. The molecule has 142 valence electrons. The van der Waals surface area contributed by atoms with E-state index in [1.54, 1.807) is 12.1 Å². The molecule has 2 N–H and O–H groups in total. The second kappa shape index (κ2) is 9.52. The number of benzene rings is 2. The summed E-state index contributed by atoms with van der Waals surface area (Å²) in [6, 6.07) is 9.59. The number of hydrazine groups is 1. The van der Waals surface area contributed by atoms with E-state index in [9.17, 15) is 14.4 Å². The number of carbonyl (C=O) groups excluding carboxylic acids is 3. The van der Waals surface area contributed by atoms with Crippen molar-refractivity contribution < 1.29 is 23.9 Å². The Kier molecular flexibility index (Phi) is 7.37. The Morgan fingerprint density at radius 3 is 2.41 bits per heavy atom. The van der Waals surface area contributed by atoms with Crippen LogP contribution in [0.4, 0.5) is 0 Å². The van der Waals surface area contributed by atoms with Crippen LogP contribution in [0, 0.1) is 6.92 Å². The van der Waals surface area contributed by atoms with Crippen LogP contribution in [0.2, 0.25) is 0 Å². The number of aryl methyl sites for hydroxylation is 1. The van der Waals surface area contributed by atoms with Gasteiger partial charge in [-0.1, -0.05) is 22.0 Å². The average Bonchev–Trinajstić information content (AvgIpc) is 2.64. The van der Waals surface area contributed by atoms with Gasteiger partial charge in [-0.05, 0) is 58.7 Å². The third-order valence-corrected chi connectivity index (χ3v) is 4.45. The number of ether oxygens (including phenoxy) is 2. The first-order valence-corrected chi connectivity index (χ1v) is 9.26. The van der Waals surface area contributed by atoms with Crippen molar-refractivity contribution in [2.24, 2.45) is 0 Å². The zero-order valence-corrected chi connectivity index (χ0v) is 17.6. The van der Waals surface area contributed by atoms with Crippen LogP contribution in [0.25, 0.3) is 0 Å². The molecule has 0 saturated heterocycles. The summed E-state index contributed by atoms with van der Waals surface area (Å²) in [6.07, 6.45) is 0. The van der Waals surface area contributed by atoms with Gasteiger partial charge in [-0.3, -0.25) is 20.4 Å². The first kappa shape index (κ1) is 20.9. The Balaban J connectivity index is 1.90. The van der Waals surface area contributed by atoms with Crippen LogP contribution in [0.15, 0.2) is 45.3 Å². The minimum Gasteiger partial charge on any atom is -0.482 e. The molecule has 0 atom stereocenters. The zero-order chi connectivity index (χ0) is 20.0. The van der Waals surface area contributed by atoms with Gasteiger partial charge in [0.05, 0.1) is 17.1 Å². The standard InChI is InChI=1S/C18H16Br2N2O5/c1-10-6-13(19)8-14(20)16(10)27-9-15(23)21-22-17(24)11-4-3-5-12(7-11)18(25)26-2/h3-8H,9H2,1-2H3,(H,21,23)(H,22,24). The smallest absolute Gasteiger partial charge is 0.337 e. The Morgan fingerprint density at radius 1 is 1.04 bits per heavy atom. The van der Waals surface area contributed by atoms with Crippen LogP contribution in [-0.4, -0.2) is 31.5 Å². The molecule has 2 aromatic rings. The summed E-state index contributed by atoms with van der Waals surface area (Å²) >= 11 is 6.74. The lowest BCUT2D eigenvalue weighted by atomic mass is 10.1. The third-order valence-electron chi connectivity index (χ3n) is 3.40. The zero-order valence-electron chi connectivity index (χ0n) is 14.5. The van der Waals surface area contributed by atoms with Crippen molar-refractivity contribution in [3.05, 3.63) is 62.0 Å². The van der Waals surface area contributed by atoms with E-state index in [2.05, 4.69) is 47.4 Å². The van der Waals surface area contributed by atoms with E-state index < -0.39 is 17.8 Å². The third kappa shape index (κ3) is 5.80. The SMILES string of the molecule is COC(=O)c1cccc(C(=O)NNC(=O)COc2c(C)cc(Br)cc2Br)c1. The van der Waals surface area contributed by atoms with Gasteiger partial charge in [0.1, 0.15) is 5.75 Å². The highest BCUT2D eigenvalue weighted by molar-refractivity contribution is 9.11. The molecule has 27 heavy (non-hydrogen) atoms. The van der Waals surface area contributed by atoms with Gasteiger partial charge in [-0.25, -0.2) is 4.79 Å². The Hall–Kier alpha value is -2.39. The molecule has 9 heteroatoms. The fourth-order valence-corrected chi connectivity index (χ4v) is 3.70. The summed E-state index contributed by atoms with van der Waals surface area (Å²) in [5, 5.41) is 0. The molecule has 0 aliphatic carbocycles. The van der Waals surface area contributed by atoms with Gasteiger partial charge in [0.25, 0.3) is 11.8 Å². The van der Waals surface area contributed by atoms with Gasteiger partial charge in [0.2, 0.25) is 0 Å². The first-order chi connectivity index (χ1) is 12.8. The number of methoxy groups -OCH3 is 1. The summed E-state index contributed by atoms with van der Waals surface area (Å²) in [4.78, 5) is 35.5. The van der Waals surface area contributed by atoms with Crippen molar-refractivity contribution in [1.29, 1.82) is 0 Å². The minimum absolute atomic E-state index is 0.200. The van der Waals surface area contributed by atoms with Crippen molar-refractivity contribution in [2.45, 2.75) is 6.92 Å². The highest BCUT2D eigenvalue weighted by Gasteiger charge is 2.13. The molecule has 0 spiro atoms. The van der Waals surface area contributed by atoms with E-state index in [-0.39, 0.29) is 17.7 Å². The number of rotatable bonds is 5. The second-order valence-corrected chi connectivity index (χ2v) is 7.17. The lowest BCUT2D eigenvalue weighted by molar-refractivity contribution is -0.123. The van der Waals surface area contributed by atoms with Crippen molar-refractivity contribution in [3.63, 3.8) is 0 Å². The first-order valence-electron chi connectivity index (χ1n) is 7.68. The maximum absolute atomic E-state index is 12.1. The maximum Gasteiger partial charge on any atom is 0.337 e. The second-order valence-electron chi connectivity index (χ2n) is 5.40. The van der Waals surface area contributed by atoms with E-state index in [0.717, 1.165) is 10.0 Å². The van der Waals surface area contributed by atoms with Crippen molar-refractivity contribution in [1.82, 2.24) is 10.9 Å². The summed E-state index contributed by atoms with van der Waals surface area (Å²) < 4.78 is 11.7. The molecule has 2 amide bonds. The fraction of sp³-hybridized carbons (Fsp3) is 0.167. The van der Waals surface area contributed by atoms with Crippen LogP contribution < -0.4 is 15.6 Å². The predicted octanol–water partition coefficient (Wildman–Crippen LogP) is 3.15. The Labute approximate surface area is 172 Å². The number of carbonyl (C=O) groups is 3. The largest absolute Gasteiger partial charge is 0.482 e. The van der Waals surface area contributed by atoms with Gasteiger partial charge < -0.3 is 9.47 Å². The van der Waals surface area contributed by atoms with Crippen molar-refractivity contribution in [2.75, 3.05) is 13.7 Å². The molecule has 0 fully saturated rings. The van der Waals surface area contributed by atoms with Gasteiger partial charge in [-0.2, -0.15) is 0 Å². The molecular formula is C18H16Br2N2O5. The van der Waals surface area contributed by atoms with Crippen LogP contribution in [0.1, 0.15) is 26.3 Å². The molecule has 0 aliphatic heterocycles. The van der Waals surface area contributed by atoms with Crippen LogP contribution in [0.3, 0.4) is 0 Å². The molecule has 0 radical (unpaired) electrons. The Bertz CT molecular complexity index is 863. The lowest BCUT2D eigenvalue weighted by Gasteiger charge is -2.12. The summed E-state index contributed by atoms with van der Waals surface area (Å²) in [6.45, 7) is 1.56. The number of hydrogen-bond acceptors (Lipinski definition) is 5. The van der Waals surface area contributed by atoms with Crippen molar-refractivity contribution in [3.8, 4) is 5.75 Å². The van der Waals surface area contributed by atoms with Gasteiger partial charge in [-0.15, -0.1) is 0 Å². The van der Waals surface area contributed by atoms with Crippen LogP contribution in [-0.2, 0) is 9.53 Å². The van der Waals surface area contributed by atoms with Crippen molar-refractivity contribution >= 4 is 49.6 Å². The molecule has 0 aliphatic rings. The minimum atomic E-state index is -0.574. The van der Waals surface area contributed by atoms with E-state index in [1.807, 2.05) is 13.0 Å². The average molecular weight is 500 g/mol. The van der Waals surface area contributed by atoms with E-state index in [4.69, 9.17) is 4.74 Å².